The lowest BCUT2D eigenvalue weighted by molar-refractivity contribution is -0.128. The maximum atomic E-state index is 12.7. The van der Waals surface area contributed by atoms with Crippen molar-refractivity contribution in [3.8, 4) is 5.75 Å². The van der Waals surface area contributed by atoms with Crippen molar-refractivity contribution in [3.05, 3.63) is 64.6 Å². The van der Waals surface area contributed by atoms with Crippen molar-refractivity contribution in [1.29, 1.82) is 0 Å². The first-order valence-electron chi connectivity index (χ1n) is 8.14. The molecule has 0 spiro atoms. The number of carbonyl (C=O) groups excluding carboxylic acids is 1. The summed E-state index contributed by atoms with van der Waals surface area (Å²) in [6.45, 7) is 0.478. The van der Waals surface area contributed by atoms with E-state index in [1.807, 2.05) is 54.6 Å². The zero-order valence-electron chi connectivity index (χ0n) is 13.3. The lowest BCUT2D eigenvalue weighted by Crippen LogP contribution is -2.41. The monoisotopic (exact) mass is 388 g/mol. The fourth-order valence-corrected chi connectivity index (χ4v) is 2.95. The molecule has 1 amide bonds. The zero-order chi connectivity index (χ0) is 16.9. The third kappa shape index (κ3) is 4.36. The number of nitrogens with one attached hydrogen (secondary N) is 1. The van der Waals surface area contributed by atoms with Crippen molar-refractivity contribution in [1.82, 2.24) is 5.32 Å². The molecule has 1 saturated carbocycles. The number of carbonyl (C=O) groups is 1. The number of hydrogen-bond acceptors (Lipinski definition) is 3. The molecule has 24 heavy (non-hydrogen) atoms. The van der Waals surface area contributed by atoms with Gasteiger partial charge in [-0.25, -0.2) is 0 Å². The van der Waals surface area contributed by atoms with Crippen LogP contribution in [0.4, 0.5) is 0 Å². The van der Waals surface area contributed by atoms with Crippen LogP contribution >= 0.6 is 15.9 Å². The molecule has 5 heteroatoms. The molecule has 0 saturated heterocycles. The van der Waals surface area contributed by atoms with Crippen LogP contribution in [-0.4, -0.2) is 18.5 Å². The quantitative estimate of drug-likeness (QED) is 0.763. The number of benzene rings is 2. The maximum absolute atomic E-state index is 12.7. The molecule has 0 aromatic heterocycles. The predicted molar refractivity (Wildman–Crippen MR) is 97.7 cm³/mol. The van der Waals surface area contributed by atoms with Gasteiger partial charge in [0.1, 0.15) is 5.75 Å². The minimum Gasteiger partial charge on any atom is -0.475 e. The molecule has 3 N–H and O–H groups in total. The SMILES string of the molecule is NC(CNC(=O)C(Oc1ccccc1Br)c1ccccc1)C1CC1. The summed E-state index contributed by atoms with van der Waals surface area (Å²) in [4.78, 5) is 12.7. The van der Waals surface area contributed by atoms with Gasteiger partial charge in [0.05, 0.1) is 4.47 Å². The Hall–Kier alpha value is -1.85. The average molecular weight is 389 g/mol. The summed E-state index contributed by atoms with van der Waals surface area (Å²) in [5, 5.41) is 2.94. The van der Waals surface area contributed by atoms with Crippen LogP contribution in [0.5, 0.6) is 5.75 Å². The smallest absolute Gasteiger partial charge is 0.265 e. The summed E-state index contributed by atoms with van der Waals surface area (Å²) >= 11 is 3.46. The Bertz CT molecular complexity index is 689. The molecule has 2 aromatic rings. The molecule has 1 aliphatic carbocycles. The Labute approximate surface area is 150 Å². The highest BCUT2D eigenvalue weighted by Gasteiger charge is 2.30. The Balaban J connectivity index is 1.74. The largest absolute Gasteiger partial charge is 0.475 e. The van der Waals surface area contributed by atoms with Gasteiger partial charge in [-0.1, -0.05) is 42.5 Å². The van der Waals surface area contributed by atoms with E-state index < -0.39 is 6.10 Å². The zero-order valence-corrected chi connectivity index (χ0v) is 14.9. The van der Waals surface area contributed by atoms with E-state index in [0.29, 0.717) is 18.2 Å². The van der Waals surface area contributed by atoms with Gasteiger partial charge in [0.2, 0.25) is 6.10 Å². The van der Waals surface area contributed by atoms with Crippen molar-refractivity contribution in [2.24, 2.45) is 11.7 Å². The first-order valence-corrected chi connectivity index (χ1v) is 8.94. The van der Waals surface area contributed by atoms with Crippen molar-refractivity contribution in [2.75, 3.05) is 6.54 Å². The molecule has 0 aliphatic heterocycles. The number of rotatable bonds is 7. The Morgan fingerprint density at radius 2 is 1.83 bits per heavy atom. The molecule has 3 rings (SSSR count). The van der Waals surface area contributed by atoms with Gasteiger partial charge < -0.3 is 15.8 Å². The minimum atomic E-state index is -0.712. The van der Waals surface area contributed by atoms with Gasteiger partial charge in [0, 0.05) is 18.2 Å². The second-order valence-corrected chi connectivity index (χ2v) is 6.94. The summed E-state index contributed by atoms with van der Waals surface area (Å²) < 4.78 is 6.82. The van der Waals surface area contributed by atoms with Crippen LogP contribution in [0.1, 0.15) is 24.5 Å². The second kappa shape index (κ2) is 7.81. The number of hydrogen-bond donors (Lipinski definition) is 2. The van der Waals surface area contributed by atoms with Gasteiger partial charge in [-0.15, -0.1) is 0 Å². The second-order valence-electron chi connectivity index (χ2n) is 6.09. The van der Waals surface area contributed by atoms with Crippen molar-refractivity contribution in [3.63, 3.8) is 0 Å². The van der Waals surface area contributed by atoms with Crippen LogP contribution in [-0.2, 0) is 4.79 Å². The van der Waals surface area contributed by atoms with E-state index in [9.17, 15) is 4.79 Å². The fraction of sp³-hybridized carbons (Fsp3) is 0.316. The van der Waals surface area contributed by atoms with E-state index in [0.717, 1.165) is 22.9 Å². The molecule has 1 fully saturated rings. The molecule has 0 heterocycles. The Morgan fingerprint density at radius 1 is 1.17 bits per heavy atom. The van der Waals surface area contributed by atoms with E-state index >= 15 is 0 Å². The van der Waals surface area contributed by atoms with Crippen LogP contribution in [0.3, 0.4) is 0 Å². The van der Waals surface area contributed by atoms with Gasteiger partial charge in [-0.3, -0.25) is 4.79 Å². The predicted octanol–water partition coefficient (Wildman–Crippen LogP) is 3.42. The van der Waals surface area contributed by atoms with Gasteiger partial charge in [-0.2, -0.15) is 0 Å². The molecule has 126 valence electrons. The van der Waals surface area contributed by atoms with E-state index in [2.05, 4.69) is 21.2 Å². The number of amides is 1. The summed E-state index contributed by atoms with van der Waals surface area (Å²) in [5.41, 5.74) is 6.89. The number of para-hydroxylation sites is 1. The lowest BCUT2D eigenvalue weighted by atomic mass is 10.1. The summed E-state index contributed by atoms with van der Waals surface area (Å²) in [7, 11) is 0. The number of halogens is 1. The van der Waals surface area contributed by atoms with Gasteiger partial charge >= 0.3 is 0 Å². The summed E-state index contributed by atoms with van der Waals surface area (Å²) in [6.07, 6.45) is 1.61. The molecule has 2 aromatic carbocycles. The van der Waals surface area contributed by atoms with Crippen LogP contribution < -0.4 is 15.8 Å². The van der Waals surface area contributed by atoms with E-state index in [-0.39, 0.29) is 11.9 Å². The third-order valence-electron chi connectivity index (χ3n) is 4.16. The molecule has 4 nitrogen and oxygen atoms in total. The Kier molecular flexibility index (Phi) is 5.53. The van der Waals surface area contributed by atoms with Crippen LogP contribution in [0, 0.1) is 5.92 Å². The molecule has 0 radical (unpaired) electrons. The summed E-state index contributed by atoms with van der Waals surface area (Å²) in [6, 6.07) is 17.0. The third-order valence-corrected chi connectivity index (χ3v) is 4.82. The minimum absolute atomic E-state index is 0.0221. The first kappa shape index (κ1) is 17.0. The van der Waals surface area contributed by atoms with Crippen molar-refractivity contribution >= 4 is 21.8 Å². The first-order chi connectivity index (χ1) is 11.6. The van der Waals surface area contributed by atoms with Crippen LogP contribution in [0.25, 0.3) is 0 Å². The molecule has 1 aliphatic rings. The van der Waals surface area contributed by atoms with E-state index in [1.165, 1.54) is 0 Å². The highest BCUT2D eigenvalue weighted by atomic mass is 79.9. The summed E-state index contributed by atoms with van der Waals surface area (Å²) in [5.74, 6) is 1.01. The highest BCUT2D eigenvalue weighted by Crippen LogP contribution is 2.32. The Morgan fingerprint density at radius 3 is 2.50 bits per heavy atom. The molecular weight excluding hydrogens is 368 g/mol. The highest BCUT2D eigenvalue weighted by molar-refractivity contribution is 9.10. The molecular formula is C19H21BrN2O2. The van der Waals surface area contributed by atoms with Gasteiger partial charge in [-0.05, 0) is 46.8 Å². The molecule has 2 unspecified atom stereocenters. The molecule has 0 bridgehead atoms. The van der Waals surface area contributed by atoms with E-state index in [4.69, 9.17) is 10.5 Å². The van der Waals surface area contributed by atoms with Gasteiger partial charge in [0.25, 0.3) is 5.91 Å². The van der Waals surface area contributed by atoms with Crippen molar-refractivity contribution in [2.45, 2.75) is 25.0 Å². The molecule has 2 atom stereocenters. The van der Waals surface area contributed by atoms with Crippen molar-refractivity contribution < 1.29 is 9.53 Å². The topological polar surface area (TPSA) is 64.3 Å². The number of nitrogens with two attached hydrogens (primary N) is 1. The van der Waals surface area contributed by atoms with E-state index in [1.54, 1.807) is 0 Å². The maximum Gasteiger partial charge on any atom is 0.265 e. The normalized spacial score (nSPS) is 16.2. The fourth-order valence-electron chi connectivity index (χ4n) is 2.57. The number of ether oxygens (including phenoxy) is 1. The average Bonchev–Trinajstić information content (AvgIpc) is 3.44. The van der Waals surface area contributed by atoms with Crippen LogP contribution in [0.2, 0.25) is 0 Å². The van der Waals surface area contributed by atoms with Gasteiger partial charge in [0.15, 0.2) is 0 Å². The lowest BCUT2D eigenvalue weighted by Gasteiger charge is -2.21. The van der Waals surface area contributed by atoms with Crippen LogP contribution in [0.15, 0.2) is 59.1 Å². The standard InChI is InChI=1S/C19H21BrN2O2/c20-15-8-4-5-9-17(15)24-18(14-6-2-1-3-7-14)19(23)22-12-16(21)13-10-11-13/h1-9,13,16,18H,10-12,21H2,(H,22,23).